The molecule has 2 N–H and O–H groups in total. The van der Waals surface area contributed by atoms with Gasteiger partial charge in [0, 0.05) is 11.3 Å². The smallest absolute Gasteiger partial charge is 0.132 e. The van der Waals surface area contributed by atoms with Crippen molar-refractivity contribution < 1.29 is 4.39 Å². The lowest BCUT2D eigenvalue weighted by atomic mass is 10.2. The summed E-state index contributed by atoms with van der Waals surface area (Å²) in [7, 11) is 0. The van der Waals surface area contributed by atoms with Crippen molar-refractivity contribution in [1.82, 2.24) is 0 Å². The van der Waals surface area contributed by atoms with Crippen LogP contribution in [0.15, 0.2) is 41.2 Å². The fourth-order valence-corrected chi connectivity index (χ4v) is 1.38. The van der Waals surface area contributed by atoms with Gasteiger partial charge in [-0.25, -0.2) is 4.39 Å². The number of halogens is 1. The first-order valence-corrected chi connectivity index (χ1v) is 5.02. The molecule has 0 radical (unpaired) electrons. The molecule has 14 heavy (non-hydrogen) atoms. The van der Waals surface area contributed by atoms with Gasteiger partial charge >= 0.3 is 0 Å². The maximum Gasteiger partial charge on any atom is 0.132 e. The van der Waals surface area contributed by atoms with Crippen molar-refractivity contribution in [3.05, 3.63) is 52.5 Å². The number of nitrogens with two attached hydrogens (primary N) is 1. The predicted octanol–water partition coefficient (Wildman–Crippen LogP) is 3.35. The highest BCUT2D eigenvalue weighted by Crippen LogP contribution is 2.20. The molecule has 0 unspecified atom stereocenters. The van der Waals surface area contributed by atoms with Gasteiger partial charge in [0.25, 0.3) is 0 Å². The van der Waals surface area contributed by atoms with Gasteiger partial charge in [0.15, 0.2) is 0 Å². The topological polar surface area (TPSA) is 26.0 Å². The maximum atomic E-state index is 13.2. The average Bonchev–Trinajstić information content (AvgIpc) is 2.15. The minimum absolute atomic E-state index is 0.302. The molecule has 0 amide bonds. The van der Waals surface area contributed by atoms with Crippen LogP contribution in [-0.4, -0.2) is 0 Å². The predicted molar refractivity (Wildman–Crippen MR) is 61.0 cm³/mol. The molecule has 0 saturated carbocycles. The van der Waals surface area contributed by atoms with Crippen molar-refractivity contribution in [2.75, 3.05) is 0 Å². The summed E-state index contributed by atoms with van der Waals surface area (Å²) in [5.41, 5.74) is 6.56. The van der Waals surface area contributed by atoms with Crippen LogP contribution in [0.25, 0.3) is 5.70 Å². The minimum atomic E-state index is -0.302. The molecule has 1 nitrogen and oxygen atoms in total. The van der Waals surface area contributed by atoms with Crippen LogP contribution in [0.4, 0.5) is 4.39 Å². The number of thioether (sulfide) groups is 1. The second-order valence-electron chi connectivity index (χ2n) is 2.87. The summed E-state index contributed by atoms with van der Waals surface area (Å²) in [5, 5.41) is 1.70. The van der Waals surface area contributed by atoms with Gasteiger partial charge in [0.2, 0.25) is 0 Å². The minimum Gasteiger partial charge on any atom is -0.398 e. The molecule has 0 aliphatic carbocycles. The lowest BCUT2D eigenvalue weighted by Gasteiger charge is -2.02. The second kappa shape index (κ2) is 4.86. The zero-order valence-electron chi connectivity index (χ0n) is 7.96. The summed E-state index contributed by atoms with van der Waals surface area (Å²) >= 11 is 1.39. The molecular weight excluding hydrogens is 197 g/mol. The molecule has 0 saturated heterocycles. The standard InChI is InChI=1S/C11H12FNS/c1-8(2)14-7-11(13)9-5-3-4-6-10(9)12/h3-7H,1,13H2,2H3/b11-7-. The van der Waals surface area contributed by atoms with Gasteiger partial charge in [-0.3, -0.25) is 0 Å². The summed E-state index contributed by atoms with van der Waals surface area (Å²) in [5.74, 6) is -0.302. The van der Waals surface area contributed by atoms with Crippen molar-refractivity contribution in [3.63, 3.8) is 0 Å². The van der Waals surface area contributed by atoms with Crippen LogP contribution in [0.5, 0.6) is 0 Å². The van der Waals surface area contributed by atoms with Crippen LogP contribution in [0.3, 0.4) is 0 Å². The summed E-state index contributed by atoms with van der Waals surface area (Å²) in [6.45, 7) is 5.58. The third-order valence-corrected chi connectivity index (χ3v) is 2.35. The van der Waals surface area contributed by atoms with E-state index < -0.39 is 0 Å². The van der Waals surface area contributed by atoms with Gasteiger partial charge in [-0.1, -0.05) is 18.7 Å². The Morgan fingerprint density at radius 3 is 2.71 bits per heavy atom. The molecule has 0 fully saturated rings. The number of hydrogen-bond donors (Lipinski definition) is 1. The lowest BCUT2D eigenvalue weighted by Crippen LogP contribution is -1.98. The Hall–Kier alpha value is -1.22. The number of benzene rings is 1. The number of rotatable bonds is 3. The molecule has 1 rings (SSSR count). The summed E-state index contributed by atoms with van der Waals surface area (Å²) in [4.78, 5) is 0.921. The van der Waals surface area contributed by atoms with E-state index >= 15 is 0 Å². The number of allylic oxidation sites excluding steroid dienone is 1. The van der Waals surface area contributed by atoms with Crippen molar-refractivity contribution in [1.29, 1.82) is 0 Å². The van der Waals surface area contributed by atoms with Crippen molar-refractivity contribution in [2.45, 2.75) is 6.92 Å². The molecule has 0 aromatic heterocycles. The molecule has 0 bridgehead atoms. The van der Waals surface area contributed by atoms with E-state index in [1.165, 1.54) is 17.8 Å². The van der Waals surface area contributed by atoms with Gasteiger partial charge < -0.3 is 5.73 Å². The lowest BCUT2D eigenvalue weighted by molar-refractivity contribution is 0.624. The Bertz CT molecular complexity index is 371. The molecule has 0 heterocycles. The van der Waals surface area contributed by atoms with Gasteiger partial charge in [-0.15, -0.1) is 11.8 Å². The van der Waals surface area contributed by atoms with Crippen molar-refractivity contribution >= 4 is 17.5 Å². The van der Waals surface area contributed by atoms with E-state index in [4.69, 9.17) is 5.73 Å². The first-order chi connectivity index (χ1) is 6.61. The van der Waals surface area contributed by atoms with E-state index in [0.29, 0.717) is 11.3 Å². The van der Waals surface area contributed by atoms with Crippen LogP contribution in [0.2, 0.25) is 0 Å². The van der Waals surface area contributed by atoms with E-state index in [2.05, 4.69) is 6.58 Å². The normalized spacial score (nSPS) is 11.4. The third-order valence-electron chi connectivity index (χ3n) is 1.57. The van der Waals surface area contributed by atoms with Gasteiger partial charge in [-0.05, 0) is 29.4 Å². The van der Waals surface area contributed by atoms with E-state index in [1.54, 1.807) is 23.6 Å². The Balaban J connectivity index is 2.89. The average molecular weight is 209 g/mol. The highest BCUT2D eigenvalue weighted by molar-refractivity contribution is 8.05. The molecule has 1 aromatic carbocycles. The first kappa shape index (κ1) is 10.9. The van der Waals surface area contributed by atoms with Crippen LogP contribution in [0, 0.1) is 5.82 Å². The van der Waals surface area contributed by atoms with Gasteiger partial charge in [0.05, 0.1) is 0 Å². The Morgan fingerprint density at radius 2 is 2.14 bits per heavy atom. The van der Waals surface area contributed by atoms with Crippen LogP contribution in [0.1, 0.15) is 12.5 Å². The molecule has 1 aromatic rings. The van der Waals surface area contributed by atoms with E-state index in [1.807, 2.05) is 6.92 Å². The van der Waals surface area contributed by atoms with Crippen LogP contribution in [-0.2, 0) is 0 Å². The van der Waals surface area contributed by atoms with Gasteiger partial charge in [-0.2, -0.15) is 0 Å². The van der Waals surface area contributed by atoms with E-state index in [0.717, 1.165) is 4.91 Å². The molecule has 0 atom stereocenters. The SMILES string of the molecule is C=C(C)S/C=C(\N)c1ccccc1F. The summed E-state index contributed by atoms with van der Waals surface area (Å²) < 4.78 is 13.2. The maximum absolute atomic E-state index is 13.2. The van der Waals surface area contributed by atoms with Crippen LogP contribution < -0.4 is 5.73 Å². The number of hydrogen-bond acceptors (Lipinski definition) is 2. The Kier molecular flexibility index (Phi) is 3.77. The monoisotopic (exact) mass is 209 g/mol. The molecule has 3 heteroatoms. The molecule has 0 spiro atoms. The highest BCUT2D eigenvalue weighted by Gasteiger charge is 2.02. The largest absolute Gasteiger partial charge is 0.398 e. The van der Waals surface area contributed by atoms with Crippen LogP contribution >= 0.6 is 11.8 Å². The quantitative estimate of drug-likeness (QED) is 0.826. The summed E-state index contributed by atoms with van der Waals surface area (Å²) in [6, 6.07) is 6.43. The molecule has 0 aliphatic rings. The molecule has 0 aliphatic heterocycles. The Labute approximate surface area is 87.5 Å². The van der Waals surface area contributed by atoms with E-state index in [9.17, 15) is 4.39 Å². The highest BCUT2D eigenvalue weighted by atomic mass is 32.2. The molecular formula is C11H12FNS. The molecule has 74 valence electrons. The third kappa shape index (κ3) is 2.92. The zero-order valence-corrected chi connectivity index (χ0v) is 8.77. The first-order valence-electron chi connectivity index (χ1n) is 4.14. The second-order valence-corrected chi connectivity index (χ2v) is 4.04. The van der Waals surface area contributed by atoms with Gasteiger partial charge in [0.1, 0.15) is 5.82 Å². The fraction of sp³-hybridized carbons (Fsp3) is 0.0909. The van der Waals surface area contributed by atoms with Crippen molar-refractivity contribution in [2.24, 2.45) is 5.73 Å². The zero-order chi connectivity index (χ0) is 10.6. The Morgan fingerprint density at radius 1 is 1.50 bits per heavy atom. The summed E-state index contributed by atoms with van der Waals surface area (Å²) in [6.07, 6.45) is 0. The van der Waals surface area contributed by atoms with E-state index in [-0.39, 0.29) is 5.82 Å². The van der Waals surface area contributed by atoms with Crippen molar-refractivity contribution in [3.8, 4) is 0 Å². The fourth-order valence-electron chi connectivity index (χ4n) is 0.923.